The molecule has 1 saturated carbocycles. The lowest BCUT2D eigenvalue weighted by Gasteiger charge is -2.16. The van der Waals surface area contributed by atoms with E-state index < -0.39 is 0 Å². The Hall–Kier alpha value is -2.40. The zero-order valence-corrected chi connectivity index (χ0v) is 13.5. The number of benzene rings is 1. The minimum Gasteiger partial charge on any atom is -0.438 e. The van der Waals surface area contributed by atoms with Gasteiger partial charge in [-0.2, -0.15) is 0 Å². The molecule has 5 nitrogen and oxygen atoms in total. The van der Waals surface area contributed by atoms with Crippen molar-refractivity contribution in [2.24, 2.45) is 0 Å². The molecular formula is C19H21N3O2. The molecule has 0 radical (unpaired) electrons. The van der Waals surface area contributed by atoms with E-state index in [-0.39, 0.29) is 11.9 Å². The van der Waals surface area contributed by atoms with Gasteiger partial charge in [0.15, 0.2) is 0 Å². The van der Waals surface area contributed by atoms with Crippen molar-refractivity contribution in [3.63, 3.8) is 0 Å². The van der Waals surface area contributed by atoms with Gasteiger partial charge in [0.25, 0.3) is 5.91 Å². The van der Waals surface area contributed by atoms with Crippen molar-refractivity contribution in [2.75, 3.05) is 13.1 Å². The maximum atomic E-state index is 12.7. The minimum absolute atomic E-state index is 0.114. The van der Waals surface area contributed by atoms with E-state index in [1.165, 1.54) is 12.8 Å². The van der Waals surface area contributed by atoms with Crippen LogP contribution in [0.15, 0.2) is 48.7 Å². The third-order valence-corrected chi connectivity index (χ3v) is 4.59. The first-order valence-corrected chi connectivity index (χ1v) is 8.52. The predicted molar refractivity (Wildman–Crippen MR) is 91.2 cm³/mol. The number of para-hydroxylation sites is 1. The molecule has 4 rings (SSSR count). The van der Waals surface area contributed by atoms with E-state index in [9.17, 15) is 4.79 Å². The summed E-state index contributed by atoms with van der Waals surface area (Å²) in [7, 11) is 0. The van der Waals surface area contributed by atoms with E-state index in [4.69, 9.17) is 4.74 Å². The van der Waals surface area contributed by atoms with Crippen LogP contribution in [0, 0.1) is 0 Å². The fourth-order valence-corrected chi connectivity index (χ4v) is 3.18. The first-order valence-electron chi connectivity index (χ1n) is 8.52. The molecule has 5 heteroatoms. The maximum Gasteiger partial charge on any atom is 0.257 e. The van der Waals surface area contributed by atoms with Crippen molar-refractivity contribution in [1.29, 1.82) is 0 Å². The maximum absolute atomic E-state index is 12.7. The lowest BCUT2D eigenvalue weighted by molar-refractivity contribution is 0.0934. The van der Waals surface area contributed by atoms with Gasteiger partial charge in [-0.25, -0.2) is 4.98 Å². The second kappa shape index (κ2) is 6.61. The molecule has 1 aliphatic heterocycles. The van der Waals surface area contributed by atoms with Crippen LogP contribution in [0.4, 0.5) is 0 Å². The number of hydrogen-bond acceptors (Lipinski definition) is 4. The van der Waals surface area contributed by atoms with E-state index in [1.807, 2.05) is 30.3 Å². The highest BCUT2D eigenvalue weighted by atomic mass is 16.5. The van der Waals surface area contributed by atoms with E-state index in [1.54, 1.807) is 18.3 Å². The molecule has 1 aromatic carbocycles. The van der Waals surface area contributed by atoms with Crippen molar-refractivity contribution in [3.05, 3.63) is 54.2 Å². The lowest BCUT2D eigenvalue weighted by atomic mass is 10.2. The number of pyridine rings is 1. The highest BCUT2D eigenvalue weighted by molar-refractivity contribution is 5.96. The molecule has 1 aromatic heterocycles. The van der Waals surface area contributed by atoms with Gasteiger partial charge in [0, 0.05) is 31.4 Å². The zero-order valence-electron chi connectivity index (χ0n) is 13.5. The molecule has 1 N–H and O–H groups in total. The molecule has 124 valence electrons. The predicted octanol–water partition coefficient (Wildman–Crippen LogP) is 2.84. The van der Waals surface area contributed by atoms with Gasteiger partial charge in [0.05, 0.1) is 0 Å². The number of carbonyl (C=O) groups is 1. The van der Waals surface area contributed by atoms with E-state index >= 15 is 0 Å². The Bertz CT molecular complexity index is 716. The number of amides is 1. The molecular weight excluding hydrogens is 302 g/mol. The van der Waals surface area contributed by atoms with Crippen LogP contribution in [-0.2, 0) is 0 Å². The van der Waals surface area contributed by atoms with Gasteiger partial charge in [-0.15, -0.1) is 0 Å². The molecule has 2 aromatic rings. The summed E-state index contributed by atoms with van der Waals surface area (Å²) in [6.45, 7) is 2.03. The van der Waals surface area contributed by atoms with Crippen LogP contribution in [0.25, 0.3) is 0 Å². The molecule has 1 amide bonds. The van der Waals surface area contributed by atoms with Gasteiger partial charge in [0.2, 0.25) is 5.88 Å². The number of rotatable bonds is 5. The number of nitrogens with one attached hydrogen (secondary N) is 1. The van der Waals surface area contributed by atoms with Crippen LogP contribution in [0.5, 0.6) is 11.6 Å². The Kier molecular flexibility index (Phi) is 4.17. The standard InChI is InChI=1S/C19H21N3O2/c23-18(21-14-10-12-22(13-14)15-8-9-15)17-7-4-11-20-19(17)24-16-5-2-1-3-6-16/h1-7,11,14-15H,8-10,12-13H2,(H,21,23). The molecule has 0 spiro atoms. The number of carbonyl (C=O) groups excluding carboxylic acids is 1. The molecule has 24 heavy (non-hydrogen) atoms. The molecule has 1 saturated heterocycles. The molecule has 2 fully saturated rings. The topological polar surface area (TPSA) is 54.5 Å². The van der Waals surface area contributed by atoms with Gasteiger partial charge in [-0.1, -0.05) is 18.2 Å². The van der Waals surface area contributed by atoms with Crippen LogP contribution in [0.1, 0.15) is 29.6 Å². The summed E-state index contributed by atoms with van der Waals surface area (Å²) in [5, 5.41) is 3.13. The normalized spacial score (nSPS) is 20.8. The average Bonchev–Trinajstić information content (AvgIpc) is 3.36. The summed E-state index contributed by atoms with van der Waals surface area (Å²) in [5.41, 5.74) is 0.478. The smallest absolute Gasteiger partial charge is 0.257 e. The average molecular weight is 323 g/mol. The number of ether oxygens (including phenoxy) is 1. The molecule has 1 unspecified atom stereocenters. The van der Waals surface area contributed by atoms with Crippen LogP contribution in [-0.4, -0.2) is 41.0 Å². The second-order valence-corrected chi connectivity index (χ2v) is 6.46. The van der Waals surface area contributed by atoms with Gasteiger partial charge in [-0.05, 0) is 43.5 Å². The second-order valence-electron chi connectivity index (χ2n) is 6.46. The van der Waals surface area contributed by atoms with E-state index in [0.29, 0.717) is 17.2 Å². The number of likely N-dealkylation sites (tertiary alicyclic amines) is 1. The quantitative estimate of drug-likeness (QED) is 0.919. The molecule has 1 aliphatic carbocycles. The van der Waals surface area contributed by atoms with Crippen molar-refractivity contribution in [1.82, 2.24) is 15.2 Å². The highest BCUT2D eigenvalue weighted by Crippen LogP contribution is 2.30. The molecule has 2 heterocycles. The van der Waals surface area contributed by atoms with Crippen LogP contribution in [0.2, 0.25) is 0 Å². The third-order valence-electron chi connectivity index (χ3n) is 4.59. The Morgan fingerprint density at radius 2 is 1.96 bits per heavy atom. The first-order chi connectivity index (χ1) is 11.8. The van der Waals surface area contributed by atoms with Crippen LogP contribution >= 0.6 is 0 Å². The first kappa shape index (κ1) is 15.1. The fourth-order valence-electron chi connectivity index (χ4n) is 3.18. The molecule has 0 bridgehead atoms. The number of hydrogen-bond donors (Lipinski definition) is 1. The van der Waals surface area contributed by atoms with Crippen LogP contribution in [0.3, 0.4) is 0 Å². The highest BCUT2D eigenvalue weighted by Gasteiger charge is 2.35. The summed E-state index contributed by atoms with van der Waals surface area (Å²) in [6.07, 6.45) is 5.26. The van der Waals surface area contributed by atoms with E-state index in [2.05, 4.69) is 15.2 Å². The van der Waals surface area contributed by atoms with Crippen LogP contribution < -0.4 is 10.1 Å². The van der Waals surface area contributed by atoms with Crippen molar-refractivity contribution in [3.8, 4) is 11.6 Å². The van der Waals surface area contributed by atoms with Crippen molar-refractivity contribution >= 4 is 5.91 Å². The fraction of sp³-hybridized carbons (Fsp3) is 0.368. The van der Waals surface area contributed by atoms with Crippen molar-refractivity contribution in [2.45, 2.75) is 31.3 Å². The monoisotopic (exact) mass is 323 g/mol. The zero-order chi connectivity index (χ0) is 16.4. The van der Waals surface area contributed by atoms with Gasteiger partial charge in [0.1, 0.15) is 11.3 Å². The summed E-state index contributed by atoms with van der Waals surface area (Å²) in [4.78, 5) is 19.4. The summed E-state index contributed by atoms with van der Waals surface area (Å²) < 4.78 is 5.78. The minimum atomic E-state index is -0.114. The Balaban J connectivity index is 1.44. The largest absolute Gasteiger partial charge is 0.438 e. The van der Waals surface area contributed by atoms with E-state index in [0.717, 1.165) is 25.6 Å². The Morgan fingerprint density at radius 3 is 2.75 bits per heavy atom. The number of aromatic nitrogens is 1. The Morgan fingerprint density at radius 1 is 1.12 bits per heavy atom. The number of nitrogens with zero attached hydrogens (tertiary/aromatic N) is 2. The third kappa shape index (κ3) is 3.41. The molecule has 2 aliphatic rings. The summed E-state index contributed by atoms with van der Waals surface area (Å²) in [6, 6.07) is 13.9. The lowest BCUT2D eigenvalue weighted by Crippen LogP contribution is -2.37. The Labute approximate surface area is 141 Å². The van der Waals surface area contributed by atoms with Gasteiger partial charge < -0.3 is 10.1 Å². The van der Waals surface area contributed by atoms with Gasteiger partial charge in [-0.3, -0.25) is 9.69 Å². The van der Waals surface area contributed by atoms with Gasteiger partial charge >= 0.3 is 0 Å². The summed E-state index contributed by atoms with van der Waals surface area (Å²) in [5.74, 6) is 0.904. The molecule has 1 atom stereocenters. The summed E-state index contributed by atoms with van der Waals surface area (Å²) >= 11 is 0. The SMILES string of the molecule is O=C(NC1CCN(C2CC2)C1)c1cccnc1Oc1ccccc1. The van der Waals surface area contributed by atoms with Crippen molar-refractivity contribution < 1.29 is 9.53 Å².